The van der Waals surface area contributed by atoms with E-state index in [0.29, 0.717) is 5.69 Å². The highest BCUT2D eigenvalue weighted by atomic mass is 15.1. The van der Waals surface area contributed by atoms with Crippen LogP contribution in [0.25, 0.3) is 0 Å². The summed E-state index contributed by atoms with van der Waals surface area (Å²) in [7, 11) is 0. The van der Waals surface area contributed by atoms with E-state index in [-0.39, 0.29) is 0 Å². The molecule has 1 aromatic heterocycles. The van der Waals surface area contributed by atoms with Crippen molar-refractivity contribution >= 4 is 5.82 Å². The highest BCUT2D eigenvalue weighted by molar-refractivity contribution is 5.38. The molecule has 0 atom stereocenters. The fourth-order valence-electron chi connectivity index (χ4n) is 1.48. The summed E-state index contributed by atoms with van der Waals surface area (Å²) in [5.41, 5.74) is 0.452. The van der Waals surface area contributed by atoms with Crippen LogP contribution in [0.15, 0.2) is 18.2 Å². The number of hydrogen-bond donors (Lipinski definition) is 1. The minimum absolute atomic E-state index is 0.452. The van der Waals surface area contributed by atoms with Crippen LogP contribution in [0.4, 0.5) is 5.82 Å². The molecule has 1 heterocycles. The second-order valence-electron chi connectivity index (χ2n) is 3.47. The van der Waals surface area contributed by atoms with Gasteiger partial charge in [0.2, 0.25) is 0 Å². The smallest absolute Gasteiger partial charge is 0.142 e. The average molecular weight is 218 g/mol. The monoisotopic (exact) mass is 218 g/mol. The van der Waals surface area contributed by atoms with E-state index in [2.05, 4.69) is 29.0 Å². The molecule has 0 aliphatic rings. The first-order chi connectivity index (χ1) is 7.80. The van der Waals surface area contributed by atoms with E-state index in [1.54, 1.807) is 6.07 Å². The van der Waals surface area contributed by atoms with Crippen LogP contribution in [0.5, 0.6) is 0 Å². The Bertz CT molecular complexity index is 352. The molecular formula is C12H18N4. The van der Waals surface area contributed by atoms with Crippen LogP contribution >= 0.6 is 0 Å². The molecule has 1 aromatic rings. The summed E-state index contributed by atoms with van der Waals surface area (Å²) in [5.74, 6) is 0.770. The Kier molecular flexibility index (Phi) is 5.30. The second-order valence-corrected chi connectivity index (χ2v) is 3.47. The molecule has 4 heteroatoms. The van der Waals surface area contributed by atoms with E-state index >= 15 is 0 Å². The van der Waals surface area contributed by atoms with Crippen LogP contribution in [0.3, 0.4) is 0 Å². The van der Waals surface area contributed by atoms with Gasteiger partial charge in [0, 0.05) is 13.1 Å². The van der Waals surface area contributed by atoms with Crippen molar-refractivity contribution in [2.24, 2.45) is 0 Å². The highest BCUT2D eigenvalue weighted by Gasteiger charge is 1.99. The molecule has 0 unspecified atom stereocenters. The summed E-state index contributed by atoms with van der Waals surface area (Å²) in [6, 6.07) is 7.45. The number of pyridine rings is 1. The Labute approximate surface area is 96.9 Å². The molecular weight excluding hydrogens is 200 g/mol. The minimum atomic E-state index is 0.452. The summed E-state index contributed by atoms with van der Waals surface area (Å²) in [6.45, 7) is 8.26. The number of nitriles is 1. The van der Waals surface area contributed by atoms with Crippen LogP contribution in [0.2, 0.25) is 0 Å². The standard InChI is InChI=1S/C12H18N4/c1-3-16(4-2)9-8-14-12-7-5-6-11(10-13)15-12/h5-7H,3-4,8-9H2,1-2H3,(H,14,15). The van der Waals surface area contributed by atoms with E-state index in [9.17, 15) is 0 Å². The predicted octanol–water partition coefficient (Wildman–Crippen LogP) is 1.71. The maximum atomic E-state index is 8.70. The zero-order valence-electron chi connectivity index (χ0n) is 9.90. The van der Waals surface area contributed by atoms with Gasteiger partial charge in [0.1, 0.15) is 17.6 Å². The third-order valence-electron chi connectivity index (χ3n) is 2.49. The molecule has 0 saturated heterocycles. The van der Waals surface area contributed by atoms with Crippen molar-refractivity contribution < 1.29 is 0 Å². The van der Waals surface area contributed by atoms with Crippen molar-refractivity contribution in [1.29, 1.82) is 5.26 Å². The molecule has 1 rings (SSSR count). The molecule has 0 saturated carbocycles. The van der Waals surface area contributed by atoms with Gasteiger partial charge in [0.15, 0.2) is 0 Å². The third kappa shape index (κ3) is 3.87. The summed E-state index contributed by atoms with van der Waals surface area (Å²) in [6.07, 6.45) is 0. The van der Waals surface area contributed by atoms with Crippen molar-refractivity contribution in [3.63, 3.8) is 0 Å². The molecule has 0 fully saturated rings. The summed E-state index contributed by atoms with van der Waals surface area (Å²) in [5, 5.41) is 11.9. The summed E-state index contributed by atoms with van der Waals surface area (Å²) >= 11 is 0. The van der Waals surface area contributed by atoms with Gasteiger partial charge in [-0.3, -0.25) is 0 Å². The lowest BCUT2D eigenvalue weighted by atomic mass is 10.3. The van der Waals surface area contributed by atoms with Gasteiger partial charge >= 0.3 is 0 Å². The SMILES string of the molecule is CCN(CC)CCNc1cccc(C#N)n1. The van der Waals surface area contributed by atoms with Crippen LogP contribution in [-0.2, 0) is 0 Å². The van der Waals surface area contributed by atoms with Crippen molar-refractivity contribution in [2.45, 2.75) is 13.8 Å². The zero-order chi connectivity index (χ0) is 11.8. The first-order valence-electron chi connectivity index (χ1n) is 5.63. The Hall–Kier alpha value is -1.60. The van der Waals surface area contributed by atoms with Gasteiger partial charge in [-0.05, 0) is 25.2 Å². The molecule has 1 N–H and O–H groups in total. The lowest BCUT2D eigenvalue weighted by Crippen LogP contribution is -2.28. The molecule has 0 aromatic carbocycles. The maximum absolute atomic E-state index is 8.70. The molecule has 0 amide bonds. The summed E-state index contributed by atoms with van der Waals surface area (Å²) in [4.78, 5) is 6.48. The largest absolute Gasteiger partial charge is 0.369 e. The van der Waals surface area contributed by atoms with Crippen molar-refractivity contribution in [2.75, 3.05) is 31.5 Å². The van der Waals surface area contributed by atoms with Gasteiger partial charge in [-0.15, -0.1) is 0 Å². The second kappa shape index (κ2) is 6.81. The van der Waals surface area contributed by atoms with E-state index in [0.717, 1.165) is 32.0 Å². The van der Waals surface area contributed by atoms with Crippen LogP contribution in [0.1, 0.15) is 19.5 Å². The quantitative estimate of drug-likeness (QED) is 0.789. The molecule has 0 aliphatic heterocycles. The molecule has 0 radical (unpaired) electrons. The number of anilines is 1. The Morgan fingerprint density at radius 2 is 2.12 bits per heavy atom. The number of aromatic nitrogens is 1. The lowest BCUT2D eigenvalue weighted by molar-refractivity contribution is 0.316. The Morgan fingerprint density at radius 1 is 1.38 bits per heavy atom. The van der Waals surface area contributed by atoms with Crippen LogP contribution in [-0.4, -0.2) is 36.1 Å². The maximum Gasteiger partial charge on any atom is 0.142 e. The molecule has 86 valence electrons. The molecule has 0 bridgehead atoms. The van der Waals surface area contributed by atoms with Gasteiger partial charge in [-0.25, -0.2) is 4.98 Å². The van der Waals surface area contributed by atoms with Crippen molar-refractivity contribution in [3.05, 3.63) is 23.9 Å². The number of hydrogen-bond acceptors (Lipinski definition) is 4. The fourth-order valence-corrected chi connectivity index (χ4v) is 1.48. The molecule has 4 nitrogen and oxygen atoms in total. The lowest BCUT2D eigenvalue weighted by Gasteiger charge is -2.18. The van der Waals surface area contributed by atoms with Gasteiger partial charge in [0.25, 0.3) is 0 Å². The van der Waals surface area contributed by atoms with Gasteiger partial charge < -0.3 is 10.2 Å². The van der Waals surface area contributed by atoms with E-state index < -0.39 is 0 Å². The molecule has 0 spiro atoms. The Balaban J connectivity index is 2.40. The Morgan fingerprint density at radius 3 is 2.75 bits per heavy atom. The normalized spacial score (nSPS) is 10.1. The number of nitrogens with one attached hydrogen (secondary N) is 1. The van der Waals surface area contributed by atoms with Crippen LogP contribution in [0, 0.1) is 11.3 Å². The van der Waals surface area contributed by atoms with E-state index in [1.165, 1.54) is 0 Å². The third-order valence-corrected chi connectivity index (χ3v) is 2.49. The van der Waals surface area contributed by atoms with Crippen molar-refractivity contribution in [1.82, 2.24) is 9.88 Å². The van der Waals surface area contributed by atoms with Gasteiger partial charge in [-0.2, -0.15) is 5.26 Å². The number of likely N-dealkylation sites (N-methyl/N-ethyl adjacent to an activating group) is 1. The van der Waals surface area contributed by atoms with E-state index in [4.69, 9.17) is 5.26 Å². The number of nitrogens with zero attached hydrogens (tertiary/aromatic N) is 3. The summed E-state index contributed by atoms with van der Waals surface area (Å²) < 4.78 is 0. The predicted molar refractivity (Wildman–Crippen MR) is 65.2 cm³/mol. The highest BCUT2D eigenvalue weighted by Crippen LogP contribution is 2.03. The topological polar surface area (TPSA) is 52.0 Å². The first kappa shape index (κ1) is 12.5. The number of rotatable bonds is 6. The zero-order valence-corrected chi connectivity index (χ0v) is 9.90. The van der Waals surface area contributed by atoms with Crippen molar-refractivity contribution in [3.8, 4) is 6.07 Å². The average Bonchev–Trinajstić information content (AvgIpc) is 2.35. The van der Waals surface area contributed by atoms with Gasteiger partial charge in [0.05, 0.1) is 0 Å². The molecule has 0 aliphatic carbocycles. The van der Waals surface area contributed by atoms with E-state index in [1.807, 2.05) is 18.2 Å². The van der Waals surface area contributed by atoms with Gasteiger partial charge in [-0.1, -0.05) is 19.9 Å². The fraction of sp³-hybridized carbons (Fsp3) is 0.500. The first-order valence-corrected chi connectivity index (χ1v) is 5.63. The molecule has 16 heavy (non-hydrogen) atoms. The minimum Gasteiger partial charge on any atom is -0.369 e. The van der Waals surface area contributed by atoms with Crippen LogP contribution < -0.4 is 5.32 Å².